The maximum absolute atomic E-state index is 13.9. The second kappa shape index (κ2) is 9.28. The number of benzene rings is 2. The molecule has 2 aromatic rings. The van der Waals surface area contributed by atoms with Crippen LogP contribution in [0.5, 0.6) is 0 Å². The van der Waals surface area contributed by atoms with E-state index >= 15 is 0 Å². The highest BCUT2D eigenvalue weighted by Crippen LogP contribution is 2.26. The van der Waals surface area contributed by atoms with Crippen molar-refractivity contribution < 1.29 is 13.6 Å². The highest BCUT2D eigenvalue weighted by atomic mass is 19.1. The van der Waals surface area contributed by atoms with Crippen LogP contribution in [0.2, 0.25) is 0 Å². The number of hydrogen-bond acceptors (Lipinski definition) is 2. The van der Waals surface area contributed by atoms with Crippen LogP contribution >= 0.6 is 0 Å². The zero-order valence-corrected chi connectivity index (χ0v) is 16.6. The molecule has 1 heterocycles. The summed E-state index contributed by atoms with van der Waals surface area (Å²) in [5.41, 5.74) is 1.04. The Bertz CT molecular complexity index is 766. The maximum Gasteiger partial charge on any atom is 0.227 e. The van der Waals surface area contributed by atoms with E-state index in [1.807, 2.05) is 49.1 Å². The number of anilines is 1. The van der Waals surface area contributed by atoms with Crippen LogP contribution in [0.1, 0.15) is 38.7 Å². The molecular formula is C23H28F2N2O. The Kier molecular flexibility index (Phi) is 6.79. The summed E-state index contributed by atoms with van der Waals surface area (Å²) in [7, 11) is 0. The molecule has 0 aliphatic carbocycles. The van der Waals surface area contributed by atoms with Crippen molar-refractivity contribution in [3.8, 4) is 0 Å². The van der Waals surface area contributed by atoms with E-state index in [9.17, 15) is 13.6 Å². The van der Waals surface area contributed by atoms with Crippen LogP contribution in [0, 0.1) is 17.6 Å². The van der Waals surface area contributed by atoms with Gasteiger partial charge in [0.15, 0.2) is 0 Å². The molecule has 150 valence electrons. The van der Waals surface area contributed by atoms with Crippen molar-refractivity contribution in [1.82, 2.24) is 4.90 Å². The van der Waals surface area contributed by atoms with Gasteiger partial charge in [0.1, 0.15) is 11.6 Å². The Hall–Kier alpha value is -2.27. The van der Waals surface area contributed by atoms with E-state index in [4.69, 9.17) is 0 Å². The summed E-state index contributed by atoms with van der Waals surface area (Å²) in [5.74, 6) is -0.567. The second-order valence-corrected chi connectivity index (χ2v) is 7.90. The molecule has 5 heteroatoms. The number of halogens is 2. The van der Waals surface area contributed by atoms with Crippen LogP contribution in [0.25, 0.3) is 0 Å². The fourth-order valence-electron chi connectivity index (χ4n) is 3.84. The lowest BCUT2D eigenvalue weighted by Crippen LogP contribution is -2.47. The molecule has 2 aromatic carbocycles. The van der Waals surface area contributed by atoms with Gasteiger partial charge in [-0.1, -0.05) is 38.1 Å². The van der Waals surface area contributed by atoms with Crippen LogP contribution in [-0.2, 0) is 11.3 Å². The maximum atomic E-state index is 13.9. The molecule has 3 rings (SSSR count). The van der Waals surface area contributed by atoms with E-state index in [1.165, 1.54) is 18.2 Å². The van der Waals surface area contributed by atoms with Crippen molar-refractivity contribution >= 4 is 11.6 Å². The van der Waals surface area contributed by atoms with Crippen LogP contribution in [0.4, 0.5) is 14.5 Å². The van der Waals surface area contributed by atoms with Crippen molar-refractivity contribution in [1.29, 1.82) is 0 Å². The Morgan fingerprint density at radius 1 is 1.04 bits per heavy atom. The fourth-order valence-corrected chi connectivity index (χ4v) is 3.84. The van der Waals surface area contributed by atoms with E-state index in [1.54, 1.807) is 0 Å². The lowest BCUT2D eigenvalue weighted by Gasteiger charge is -2.39. The van der Waals surface area contributed by atoms with Crippen LogP contribution in [0.15, 0.2) is 48.5 Å². The molecule has 0 spiro atoms. The lowest BCUT2D eigenvalue weighted by molar-refractivity contribution is -0.120. The number of carbonyl (C=O) groups excluding carboxylic acids is 1. The van der Waals surface area contributed by atoms with Crippen molar-refractivity contribution in [2.45, 2.75) is 45.7 Å². The van der Waals surface area contributed by atoms with Gasteiger partial charge in [0.05, 0.1) is 0 Å². The minimum atomic E-state index is -0.500. The van der Waals surface area contributed by atoms with Gasteiger partial charge in [0, 0.05) is 43.3 Å². The summed E-state index contributed by atoms with van der Waals surface area (Å²) < 4.78 is 27.9. The molecule has 0 N–H and O–H groups in total. The molecule has 1 saturated heterocycles. The normalized spacial score (nSPS) is 15.8. The average Bonchev–Trinajstić information content (AvgIpc) is 2.66. The summed E-state index contributed by atoms with van der Waals surface area (Å²) in [6.07, 6.45) is 2.08. The number of hydrogen-bond donors (Lipinski definition) is 0. The SMILES string of the molecule is CC(C)CC(=O)N(c1ccccc1)C1CCN(Cc2c(F)cccc2F)CC1. The first-order valence-corrected chi connectivity index (χ1v) is 9.98. The van der Waals surface area contributed by atoms with Gasteiger partial charge in [0.25, 0.3) is 0 Å². The molecule has 1 amide bonds. The first-order valence-electron chi connectivity index (χ1n) is 9.98. The number of amides is 1. The standard InChI is InChI=1S/C23H28F2N2O/c1-17(2)15-23(28)27(18-7-4-3-5-8-18)19-11-13-26(14-12-19)16-20-21(24)9-6-10-22(20)25/h3-10,17,19H,11-16H2,1-2H3. The zero-order chi connectivity index (χ0) is 20.1. The highest BCUT2D eigenvalue weighted by molar-refractivity contribution is 5.94. The Balaban J connectivity index is 1.69. The van der Waals surface area contributed by atoms with Gasteiger partial charge in [-0.3, -0.25) is 9.69 Å². The van der Waals surface area contributed by atoms with Gasteiger partial charge in [-0.25, -0.2) is 8.78 Å². The van der Waals surface area contributed by atoms with Crippen LogP contribution in [-0.4, -0.2) is 29.9 Å². The second-order valence-electron chi connectivity index (χ2n) is 7.90. The highest BCUT2D eigenvalue weighted by Gasteiger charge is 2.29. The molecule has 1 fully saturated rings. The Labute approximate surface area is 166 Å². The number of likely N-dealkylation sites (tertiary alicyclic amines) is 1. The summed E-state index contributed by atoms with van der Waals surface area (Å²) in [5, 5.41) is 0. The predicted octanol–water partition coefficient (Wildman–Crippen LogP) is 5.01. The molecule has 28 heavy (non-hydrogen) atoms. The largest absolute Gasteiger partial charge is 0.309 e. The van der Waals surface area contributed by atoms with Gasteiger partial charge >= 0.3 is 0 Å². The minimum Gasteiger partial charge on any atom is -0.309 e. The van der Waals surface area contributed by atoms with Gasteiger partial charge in [-0.2, -0.15) is 0 Å². The quantitative estimate of drug-likeness (QED) is 0.697. The molecule has 1 aliphatic rings. The average molecular weight is 386 g/mol. The number of para-hydroxylation sites is 1. The predicted molar refractivity (Wildman–Crippen MR) is 108 cm³/mol. The molecule has 0 atom stereocenters. The Morgan fingerprint density at radius 2 is 1.64 bits per heavy atom. The summed E-state index contributed by atoms with van der Waals surface area (Å²) in [4.78, 5) is 16.9. The molecule has 0 aromatic heterocycles. The molecule has 0 saturated carbocycles. The van der Waals surface area contributed by atoms with Crippen LogP contribution in [0.3, 0.4) is 0 Å². The van der Waals surface area contributed by atoms with Crippen molar-refractivity contribution in [3.63, 3.8) is 0 Å². The first-order chi connectivity index (χ1) is 13.5. The van der Waals surface area contributed by atoms with E-state index < -0.39 is 11.6 Å². The van der Waals surface area contributed by atoms with Crippen LogP contribution < -0.4 is 4.90 Å². The van der Waals surface area contributed by atoms with E-state index in [2.05, 4.69) is 4.90 Å². The molecule has 0 unspecified atom stereocenters. The summed E-state index contributed by atoms with van der Waals surface area (Å²) >= 11 is 0. The van der Waals surface area contributed by atoms with Crippen molar-refractivity contribution in [2.75, 3.05) is 18.0 Å². The van der Waals surface area contributed by atoms with E-state index in [0.717, 1.165) is 18.5 Å². The van der Waals surface area contributed by atoms with E-state index in [0.29, 0.717) is 25.4 Å². The third-order valence-corrected chi connectivity index (χ3v) is 5.25. The third-order valence-electron chi connectivity index (χ3n) is 5.25. The smallest absolute Gasteiger partial charge is 0.227 e. The first kappa shape index (κ1) is 20.5. The van der Waals surface area contributed by atoms with Gasteiger partial charge in [-0.15, -0.1) is 0 Å². The van der Waals surface area contributed by atoms with E-state index in [-0.39, 0.29) is 24.1 Å². The number of carbonyl (C=O) groups is 1. The monoisotopic (exact) mass is 386 g/mol. The minimum absolute atomic E-state index is 0.107. The molecule has 1 aliphatic heterocycles. The number of rotatable bonds is 6. The van der Waals surface area contributed by atoms with Gasteiger partial charge in [-0.05, 0) is 43.0 Å². The topological polar surface area (TPSA) is 23.6 Å². The van der Waals surface area contributed by atoms with Crippen molar-refractivity contribution in [2.24, 2.45) is 5.92 Å². The van der Waals surface area contributed by atoms with Gasteiger partial charge in [0.2, 0.25) is 5.91 Å². The Morgan fingerprint density at radius 3 is 2.21 bits per heavy atom. The summed E-state index contributed by atoms with van der Waals surface area (Å²) in [6.45, 7) is 5.77. The summed E-state index contributed by atoms with van der Waals surface area (Å²) in [6, 6.07) is 13.9. The molecule has 0 bridgehead atoms. The molecule has 3 nitrogen and oxygen atoms in total. The van der Waals surface area contributed by atoms with Crippen molar-refractivity contribution in [3.05, 3.63) is 65.7 Å². The van der Waals surface area contributed by atoms with Gasteiger partial charge < -0.3 is 4.90 Å². The third kappa shape index (κ3) is 4.96. The fraction of sp³-hybridized carbons (Fsp3) is 0.435. The number of nitrogens with zero attached hydrogens (tertiary/aromatic N) is 2. The zero-order valence-electron chi connectivity index (χ0n) is 16.6. The molecular weight excluding hydrogens is 358 g/mol. The number of piperidine rings is 1. The lowest BCUT2D eigenvalue weighted by atomic mass is 9.99. The molecule has 0 radical (unpaired) electrons.